The Kier molecular flexibility index (Phi) is 4.50. The molecular weight excluding hydrogens is 226 g/mol. The van der Waals surface area contributed by atoms with Gasteiger partial charge in [0.1, 0.15) is 5.78 Å². The van der Waals surface area contributed by atoms with Crippen molar-refractivity contribution in [3.63, 3.8) is 0 Å². The molecule has 0 saturated heterocycles. The molecule has 4 heteroatoms. The van der Waals surface area contributed by atoms with Gasteiger partial charge in [0.05, 0.1) is 6.42 Å². The van der Waals surface area contributed by atoms with E-state index in [-0.39, 0.29) is 18.1 Å². The van der Waals surface area contributed by atoms with Crippen LogP contribution in [-0.2, 0) is 16.1 Å². The predicted octanol–water partition coefficient (Wildman–Crippen LogP) is 2.28. The molecule has 0 fully saturated rings. The minimum atomic E-state index is -0.174. The van der Waals surface area contributed by atoms with Crippen molar-refractivity contribution in [2.75, 3.05) is 7.05 Å². The second-order valence-corrected chi connectivity index (χ2v) is 4.19. The van der Waals surface area contributed by atoms with Crippen LogP contribution in [0.3, 0.4) is 0 Å². The number of Topliss-reactive ketones (excluding diaryl/α,β-unsaturated/α-hetero) is 1. The summed E-state index contributed by atoms with van der Waals surface area (Å²) >= 11 is 5.83. The fraction of sp³-hybridized carbons (Fsp3) is 0.333. The first-order valence-corrected chi connectivity index (χ1v) is 5.34. The summed E-state index contributed by atoms with van der Waals surface area (Å²) in [4.78, 5) is 23.8. The molecule has 0 aliphatic heterocycles. The Balaban J connectivity index is 2.60. The Labute approximate surface area is 100 Å². The van der Waals surface area contributed by atoms with Gasteiger partial charge < -0.3 is 4.90 Å². The van der Waals surface area contributed by atoms with E-state index in [0.717, 1.165) is 5.56 Å². The highest BCUT2D eigenvalue weighted by Gasteiger charge is 2.11. The number of amides is 1. The number of rotatable bonds is 4. The number of benzene rings is 1. The predicted molar refractivity (Wildman–Crippen MR) is 63.2 cm³/mol. The van der Waals surface area contributed by atoms with Crippen molar-refractivity contribution in [3.8, 4) is 0 Å². The zero-order valence-electron chi connectivity index (χ0n) is 9.37. The van der Waals surface area contributed by atoms with E-state index in [2.05, 4.69) is 0 Å². The van der Waals surface area contributed by atoms with Gasteiger partial charge >= 0.3 is 0 Å². The Morgan fingerprint density at radius 1 is 1.38 bits per heavy atom. The van der Waals surface area contributed by atoms with Crippen molar-refractivity contribution in [1.82, 2.24) is 4.90 Å². The molecular formula is C12H14ClNO2. The lowest BCUT2D eigenvalue weighted by molar-refractivity contribution is -0.134. The lowest BCUT2D eigenvalue weighted by Crippen LogP contribution is -2.27. The summed E-state index contributed by atoms with van der Waals surface area (Å²) in [5.41, 5.74) is 0.951. The van der Waals surface area contributed by atoms with Crippen LogP contribution >= 0.6 is 11.6 Å². The Bertz CT molecular complexity index is 404. The van der Waals surface area contributed by atoms with Crippen LogP contribution in [0.25, 0.3) is 0 Å². The van der Waals surface area contributed by atoms with E-state index >= 15 is 0 Å². The molecule has 1 aromatic carbocycles. The zero-order chi connectivity index (χ0) is 12.1. The number of ketones is 1. The molecule has 86 valence electrons. The van der Waals surface area contributed by atoms with Gasteiger partial charge in [-0.05, 0) is 24.6 Å². The van der Waals surface area contributed by atoms with E-state index in [4.69, 9.17) is 11.6 Å². The van der Waals surface area contributed by atoms with Crippen molar-refractivity contribution >= 4 is 23.3 Å². The van der Waals surface area contributed by atoms with Gasteiger partial charge in [0.15, 0.2) is 0 Å². The van der Waals surface area contributed by atoms with Crippen LogP contribution in [-0.4, -0.2) is 23.6 Å². The minimum absolute atomic E-state index is 0.0446. The van der Waals surface area contributed by atoms with Crippen LogP contribution in [0.4, 0.5) is 0 Å². The molecule has 0 saturated carbocycles. The fourth-order valence-electron chi connectivity index (χ4n) is 1.35. The summed E-state index contributed by atoms with van der Waals surface area (Å²) in [5.74, 6) is -0.296. The normalized spacial score (nSPS) is 9.94. The van der Waals surface area contributed by atoms with E-state index in [0.29, 0.717) is 11.6 Å². The van der Waals surface area contributed by atoms with E-state index in [1.165, 1.54) is 11.8 Å². The molecule has 1 rings (SSSR count). The molecule has 0 radical (unpaired) electrons. The van der Waals surface area contributed by atoms with Gasteiger partial charge in [-0.25, -0.2) is 0 Å². The quantitative estimate of drug-likeness (QED) is 0.756. The van der Waals surface area contributed by atoms with Gasteiger partial charge in [0, 0.05) is 18.6 Å². The van der Waals surface area contributed by atoms with E-state index in [1.54, 1.807) is 19.2 Å². The van der Waals surface area contributed by atoms with Crippen molar-refractivity contribution in [3.05, 3.63) is 34.9 Å². The highest BCUT2D eigenvalue weighted by atomic mass is 35.5. The van der Waals surface area contributed by atoms with E-state index in [9.17, 15) is 9.59 Å². The first-order chi connectivity index (χ1) is 7.49. The van der Waals surface area contributed by atoms with E-state index < -0.39 is 0 Å². The van der Waals surface area contributed by atoms with Crippen LogP contribution in [0, 0.1) is 0 Å². The van der Waals surface area contributed by atoms with Crippen LogP contribution in [0.2, 0.25) is 5.02 Å². The van der Waals surface area contributed by atoms with Crippen molar-refractivity contribution in [2.45, 2.75) is 19.9 Å². The summed E-state index contributed by atoms with van der Waals surface area (Å²) in [6.07, 6.45) is -0.0446. The van der Waals surface area contributed by atoms with Crippen molar-refractivity contribution < 1.29 is 9.59 Å². The summed E-state index contributed by atoms with van der Waals surface area (Å²) < 4.78 is 0. The molecule has 16 heavy (non-hydrogen) atoms. The molecule has 0 bridgehead atoms. The number of hydrogen-bond donors (Lipinski definition) is 0. The largest absolute Gasteiger partial charge is 0.341 e. The third kappa shape index (κ3) is 4.03. The molecule has 3 nitrogen and oxygen atoms in total. The average Bonchev–Trinajstić information content (AvgIpc) is 2.16. The number of carbonyl (C=O) groups is 2. The first-order valence-electron chi connectivity index (χ1n) is 4.97. The molecule has 0 unspecified atom stereocenters. The van der Waals surface area contributed by atoms with Crippen LogP contribution in [0.5, 0.6) is 0 Å². The fourth-order valence-corrected chi connectivity index (χ4v) is 1.56. The van der Waals surface area contributed by atoms with Crippen LogP contribution < -0.4 is 0 Å². The molecule has 0 spiro atoms. The molecule has 0 atom stereocenters. The third-order valence-electron chi connectivity index (χ3n) is 2.13. The first kappa shape index (κ1) is 12.7. The van der Waals surface area contributed by atoms with Gasteiger partial charge in [-0.1, -0.05) is 23.7 Å². The molecule has 0 aliphatic carbocycles. The lowest BCUT2D eigenvalue weighted by atomic mass is 10.2. The molecule has 0 aromatic heterocycles. The third-order valence-corrected chi connectivity index (χ3v) is 2.37. The molecule has 0 aliphatic rings. The van der Waals surface area contributed by atoms with Crippen LogP contribution in [0.15, 0.2) is 24.3 Å². The maximum atomic E-state index is 11.5. The summed E-state index contributed by atoms with van der Waals surface area (Å²) in [6.45, 7) is 1.87. The standard InChI is InChI=1S/C12H14ClNO2/c1-9(15)6-12(16)14(2)8-10-4-3-5-11(13)7-10/h3-5,7H,6,8H2,1-2H3. The Hall–Kier alpha value is -1.35. The van der Waals surface area contributed by atoms with Gasteiger partial charge in [0.25, 0.3) is 0 Å². The topological polar surface area (TPSA) is 37.4 Å². The lowest BCUT2D eigenvalue weighted by Gasteiger charge is -2.16. The second kappa shape index (κ2) is 5.66. The van der Waals surface area contributed by atoms with Gasteiger partial charge in [-0.2, -0.15) is 0 Å². The highest BCUT2D eigenvalue weighted by Crippen LogP contribution is 2.12. The SMILES string of the molecule is CC(=O)CC(=O)N(C)Cc1cccc(Cl)c1. The maximum Gasteiger partial charge on any atom is 0.230 e. The number of halogens is 1. The Morgan fingerprint density at radius 3 is 2.62 bits per heavy atom. The van der Waals surface area contributed by atoms with Gasteiger partial charge in [0.2, 0.25) is 5.91 Å². The van der Waals surface area contributed by atoms with Crippen molar-refractivity contribution in [2.24, 2.45) is 0 Å². The number of carbonyl (C=O) groups excluding carboxylic acids is 2. The Morgan fingerprint density at radius 2 is 2.06 bits per heavy atom. The van der Waals surface area contributed by atoms with Crippen molar-refractivity contribution in [1.29, 1.82) is 0 Å². The average molecular weight is 240 g/mol. The van der Waals surface area contributed by atoms with Crippen LogP contribution in [0.1, 0.15) is 18.9 Å². The summed E-state index contributed by atoms with van der Waals surface area (Å²) in [7, 11) is 1.67. The monoisotopic (exact) mass is 239 g/mol. The molecule has 1 amide bonds. The number of hydrogen-bond acceptors (Lipinski definition) is 2. The smallest absolute Gasteiger partial charge is 0.230 e. The second-order valence-electron chi connectivity index (χ2n) is 3.76. The number of nitrogens with zero attached hydrogens (tertiary/aromatic N) is 1. The molecule has 0 heterocycles. The van der Waals surface area contributed by atoms with E-state index in [1.807, 2.05) is 12.1 Å². The molecule has 0 N–H and O–H groups in total. The minimum Gasteiger partial charge on any atom is -0.341 e. The van der Waals surface area contributed by atoms with Gasteiger partial charge in [-0.15, -0.1) is 0 Å². The van der Waals surface area contributed by atoms with Gasteiger partial charge in [-0.3, -0.25) is 9.59 Å². The summed E-state index contributed by atoms with van der Waals surface area (Å²) in [5, 5.41) is 0.643. The maximum absolute atomic E-state index is 11.5. The molecule has 1 aromatic rings. The highest BCUT2D eigenvalue weighted by molar-refractivity contribution is 6.30. The zero-order valence-corrected chi connectivity index (χ0v) is 10.1. The summed E-state index contributed by atoms with van der Waals surface area (Å²) in [6, 6.07) is 7.31.